The molecule has 24 heavy (non-hydrogen) atoms. The minimum atomic E-state index is -0.630. The van der Waals surface area contributed by atoms with Crippen molar-refractivity contribution >= 4 is 23.2 Å². The number of likely N-dealkylation sites (tertiary alicyclic amines) is 1. The standard InChI is InChI=1S/C19H22N2O2S/c1-14-9-11-21(12-10-14)19(23)17(15-6-3-2-4-7-15)20-18(22)16-8-5-13-24-16/h2-8,13-14,17H,9-12H2,1H3,(H,20,22). The van der Waals surface area contributed by atoms with Crippen LogP contribution in [0.4, 0.5) is 0 Å². The summed E-state index contributed by atoms with van der Waals surface area (Å²) in [5.41, 5.74) is 0.825. The van der Waals surface area contributed by atoms with E-state index in [1.807, 2.05) is 46.7 Å². The van der Waals surface area contributed by atoms with Crippen molar-refractivity contribution in [2.75, 3.05) is 13.1 Å². The summed E-state index contributed by atoms with van der Waals surface area (Å²) in [4.78, 5) is 28.0. The van der Waals surface area contributed by atoms with E-state index in [9.17, 15) is 9.59 Å². The van der Waals surface area contributed by atoms with Gasteiger partial charge in [-0.3, -0.25) is 9.59 Å². The van der Waals surface area contributed by atoms with E-state index < -0.39 is 6.04 Å². The van der Waals surface area contributed by atoms with Gasteiger partial charge in [-0.25, -0.2) is 0 Å². The summed E-state index contributed by atoms with van der Waals surface area (Å²) in [6.07, 6.45) is 2.04. The number of nitrogens with zero attached hydrogens (tertiary/aromatic N) is 1. The highest BCUT2D eigenvalue weighted by molar-refractivity contribution is 7.12. The third-order valence-corrected chi connectivity index (χ3v) is 5.36. The first-order valence-corrected chi connectivity index (χ1v) is 9.21. The van der Waals surface area contributed by atoms with Crippen LogP contribution in [0.5, 0.6) is 0 Å². The van der Waals surface area contributed by atoms with Crippen molar-refractivity contribution < 1.29 is 9.59 Å². The van der Waals surface area contributed by atoms with E-state index in [1.165, 1.54) is 11.3 Å². The Labute approximate surface area is 146 Å². The third-order valence-electron chi connectivity index (χ3n) is 4.50. The summed E-state index contributed by atoms with van der Waals surface area (Å²) in [5.74, 6) is 0.445. The van der Waals surface area contributed by atoms with E-state index in [0.717, 1.165) is 31.5 Å². The van der Waals surface area contributed by atoms with Crippen LogP contribution in [0.15, 0.2) is 47.8 Å². The molecule has 2 aromatic rings. The number of hydrogen-bond donors (Lipinski definition) is 1. The van der Waals surface area contributed by atoms with E-state index in [-0.39, 0.29) is 11.8 Å². The van der Waals surface area contributed by atoms with Gasteiger partial charge in [-0.05, 0) is 35.8 Å². The van der Waals surface area contributed by atoms with Crippen LogP contribution in [0.3, 0.4) is 0 Å². The number of carbonyl (C=O) groups excluding carboxylic acids is 2. The van der Waals surface area contributed by atoms with Gasteiger partial charge in [0.2, 0.25) is 5.91 Å². The average Bonchev–Trinajstić information content (AvgIpc) is 3.15. The highest BCUT2D eigenvalue weighted by Crippen LogP contribution is 2.22. The summed E-state index contributed by atoms with van der Waals surface area (Å²) in [6, 6.07) is 12.5. The van der Waals surface area contributed by atoms with Crippen molar-refractivity contribution in [2.45, 2.75) is 25.8 Å². The smallest absolute Gasteiger partial charge is 0.262 e. The molecule has 1 unspecified atom stereocenters. The lowest BCUT2D eigenvalue weighted by atomic mass is 9.97. The summed E-state index contributed by atoms with van der Waals surface area (Å²) in [6.45, 7) is 3.74. The molecule has 1 aromatic heterocycles. The van der Waals surface area contributed by atoms with Gasteiger partial charge in [-0.15, -0.1) is 11.3 Å². The Bertz CT molecular complexity index is 677. The topological polar surface area (TPSA) is 49.4 Å². The van der Waals surface area contributed by atoms with E-state index in [1.54, 1.807) is 6.07 Å². The molecule has 0 radical (unpaired) electrons. The summed E-state index contributed by atoms with van der Waals surface area (Å²) in [7, 11) is 0. The Morgan fingerprint density at radius 2 is 1.83 bits per heavy atom. The van der Waals surface area contributed by atoms with Crippen LogP contribution < -0.4 is 5.32 Å². The SMILES string of the molecule is CC1CCN(C(=O)C(NC(=O)c2cccs2)c2ccccc2)CC1. The summed E-state index contributed by atoms with van der Waals surface area (Å²) in [5, 5.41) is 4.79. The zero-order valence-corrected chi connectivity index (χ0v) is 14.6. The molecule has 0 bridgehead atoms. The van der Waals surface area contributed by atoms with Crippen molar-refractivity contribution in [2.24, 2.45) is 5.92 Å². The quantitative estimate of drug-likeness (QED) is 0.925. The van der Waals surface area contributed by atoms with Crippen molar-refractivity contribution in [3.8, 4) is 0 Å². The molecule has 4 nitrogen and oxygen atoms in total. The van der Waals surface area contributed by atoms with Gasteiger partial charge in [0.15, 0.2) is 0 Å². The largest absolute Gasteiger partial charge is 0.341 e. The molecule has 0 spiro atoms. The number of carbonyl (C=O) groups is 2. The van der Waals surface area contributed by atoms with E-state index in [4.69, 9.17) is 0 Å². The van der Waals surface area contributed by atoms with Crippen LogP contribution in [-0.2, 0) is 4.79 Å². The first-order chi connectivity index (χ1) is 11.6. The second kappa shape index (κ2) is 7.62. The maximum atomic E-state index is 13.0. The third kappa shape index (κ3) is 3.85. The fourth-order valence-corrected chi connectivity index (χ4v) is 3.58. The van der Waals surface area contributed by atoms with Crippen LogP contribution in [-0.4, -0.2) is 29.8 Å². The molecule has 3 rings (SSSR count). The molecule has 1 aliphatic rings. The van der Waals surface area contributed by atoms with Crippen molar-refractivity contribution in [3.63, 3.8) is 0 Å². The Morgan fingerprint density at radius 1 is 1.12 bits per heavy atom. The van der Waals surface area contributed by atoms with Crippen LogP contribution in [0, 0.1) is 5.92 Å². The lowest BCUT2D eigenvalue weighted by Crippen LogP contribution is -2.45. The van der Waals surface area contributed by atoms with Crippen LogP contribution >= 0.6 is 11.3 Å². The van der Waals surface area contributed by atoms with Gasteiger partial charge < -0.3 is 10.2 Å². The van der Waals surface area contributed by atoms with Crippen LogP contribution in [0.25, 0.3) is 0 Å². The molecule has 1 saturated heterocycles. The molecular weight excluding hydrogens is 320 g/mol. The van der Waals surface area contributed by atoms with Crippen molar-refractivity contribution in [3.05, 3.63) is 58.3 Å². The van der Waals surface area contributed by atoms with Gasteiger partial charge >= 0.3 is 0 Å². The molecule has 5 heteroatoms. The number of rotatable bonds is 4. The molecule has 1 aromatic carbocycles. The molecule has 1 N–H and O–H groups in total. The number of amides is 2. The summed E-state index contributed by atoms with van der Waals surface area (Å²) >= 11 is 1.38. The van der Waals surface area contributed by atoms with E-state index in [0.29, 0.717) is 10.8 Å². The Balaban J connectivity index is 1.79. The lowest BCUT2D eigenvalue weighted by Gasteiger charge is -2.33. The zero-order chi connectivity index (χ0) is 16.9. The fourth-order valence-electron chi connectivity index (χ4n) is 2.95. The van der Waals surface area contributed by atoms with E-state index in [2.05, 4.69) is 12.2 Å². The maximum Gasteiger partial charge on any atom is 0.262 e. The highest BCUT2D eigenvalue weighted by atomic mass is 32.1. The van der Waals surface area contributed by atoms with Crippen LogP contribution in [0.1, 0.15) is 41.0 Å². The van der Waals surface area contributed by atoms with Crippen molar-refractivity contribution in [1.29, 1.82) is 0 Å². The Morgan fingerprint density at radius 3 is 2.46 bits per heavy atom. The van der Waals surface area contributed by atoms with Gasteiger partial charge in [0.05, 0.1) is 4.88 Å². The van der Waals surface area contributed by atoms with E-state index >= 15 is 0 Å². The first-order valence-electron chi connectivity index (χ1n) is 8.33. The van der Waals surface area contributed by atoms with Gasteiger partial charge in [-0.1, -0.05) is 43.3 Å². The molecule has 1 fully saturated rings. The second-order valence-corrected chi connectivity index (χ2v) is 7.25. The van der Waals surface area contributed by atoms with Crippen molar-refractivity contribution in [1.82, 2.24) is 10.2 Å². The number of hydrogen-bond acceptors (Lipinski definition) is 3. The highest BCUT2D eigenvalue weighted by Gasteiger charge is 2.29. The monoisotopic (exact) mass is 342 g/mol. The summed E-state index contributed by atoms with van der Waals surface area (Å²) < 4.78 is 0. The van der Waals surface area contributed by atoms with Gasteiger partial charge in [0.25, 0.3) is 5.91 Å². The average molecular weight is 342 g/mol. The first kappa shape index (κ1) is 16.7. The predicted molar refractivity (Wildman–Crippen MR) is 95.9 cm³/mol. The van der Waals surface area contributed by atoms with Gasteiger partial charge in [0.1, 0.15) is 6.04 Å². The molecule has 126 valence electrons. The Kier molecular flexibility index (Phi) is 5.30. The van der Waals surface area contributed by atoms with Crippen LogP contribution in [0.2, 0.25) is 0 Å². The van der Waals surface area contributed by atoms with Gasteiger partial charge in [0, 0.05) is 13.1 Å². The molecular formula is C19H22N2O2S. The lowest BCUT2D eigenvalue weighted by molar-refractivity contribution is -0.134. The predicted octanol–water partition coefficient (Wildman–Crippen LogP) is 3.48. The number of nitrogens with one attached hydrogen (secondary N) is 1. The van der Waals surface area contributed by atoms with Gasteiger partial charge in [-0.2, -0.15) is 0 Å². The second-order valence-electron chi connectivity index (χ2n) is 6.30. The molecule has 2 heterocycles. The number of benzene rings is 1. The zero-order valence-electron chi connectivity index (χ0n) is 13.8. The molecule has 1 atom stereocenters. The molecule has 1 aliphatic heterocycles. The molecule has 0 saturated carbocycles. The normalized spacial score (nSPS) is 16.6. The number of piperidine rings is 1. The molecule has 0 aliphatic carbocycles. The number of thiophene rings is 1. The molecule has 2 amide bonds. The fraction of sp³-hybridized carbons (Fsp3) is 0.368. The minimum absolute atomic E-state index is 0.0157. The minimum Gasteiger partial charge on any atom is -0.341 e. The maximum absolute atomic E-state index is 13.0. The Hall–Kier alpha value is -2.14.